The highest BCUT2D eigenvalue weighted by Crippen LogP contribution is 2.34. The van der Waals surface area contributed by atoms with Gasteiger partial charge in [-0.3, -0.25) is 4.98 Å². The molecule has 8 heteroatoms. The van der Waals surface area contributed by atoms with Crippen molar-refractivity contribution in [2.24, 2.45) is 0 Å². The van der Waals surface area contributed by atoms with E-state index in [4.69, 9.17) is 5.10 Å². The topological polar surface area (TPSA) is 52.0 Å². The number of alkyl halides is 3. The van der Waals surface area contributed by atoms with E-state index in [0.717, 1.165) is 48.4 Å². The fourth-order valence-corrected chi connectivity index (χ4v) is 3.21. The lowest BCUT2D eigenvalue weighted by Crippen LogP contribution is -2.17. The Morgan fingerprint density at radius 2 is 1.89 bits per heavy atom. The Balaban J connectivity index is 1.76. The number of hydrogen-bond donors (Lipinski definition) is 1. The molecule has 0 atom stereocenters. The summed E-state index contributed by atoms with van der Waals surface area (Å²) in [6.07, 6.45) is 1.72. The minimum Gasteiger partial charge on any atom is -0.406 e. The largest absolute Gasteiger partial charge is 0.573 e. The Morgan fingerprint density at radius 3 is 2.59 bits per heavy atom. The van der Waals surface area contributed by atoms with Crippen molar-refractivity contribution in [3.63, 3.8) is 0 Å². The number of hydrogen-bond acceptors (Lipinski definition) is 4. The van der Waals surface area contributed by atoms with Gasteiger partial charge in [0.05, 0.1) is 11.4 Å². The minimum absolute atomic E-state index is 0.259. The molecular weight excluding hydrogens is 357 g/mol. The van der Waals surface area contributed by atoms with Gasteiger partial charge in [0.25, 0.3) is 0 Å². The van der Waals surface area contributed by atoms with Crippen LogP contribution in [0.1, 0.15) is 18.4 Å². The first-order valence-corrected chi connectivity index (χ1v) is 8.63. The van der Waals surface area contributed by atoms with E-state index in [0.29, 0.717) is 5.69 Å². The molecule has 1 aromatic carbocycles. The van der Waals surface area contributed by atoms with E-state index in [9.17, 15) is 13.2 Å². The molecule has 0 saturated heterocycles. The van der Waals surface area contributed by atoms with Crippen LogP contribution in [0.25, 0.3) is 16.9 Å². The molecule has 1 aliphatic heterocycles. The highest BCUT2D eigenvalue weighted by atomic mass is 19.4. The maximum Gasteiger partial charge on any atom is 0.573 e. The van der Waals surface area contributed by atoms with Crippen molar-refractivity contribution >= 4 is 5.82 Å². The van der Waals surface area contributed by atoms with Crippen LogP contribution in [-0.4, -0.2) is 27.7 Å². The van der Waals surface area contributed by atoms with Crippen molar-refractivity contribution in [2.75, 3.05) is 11.9 Å². The van der Waals surface area contributed by atoms with Crippen LogP contribution in [0, 0.1) is 0 Å². The summed E-state index contributed by atoms with van der Waals surface area (Å²) >= 11 is 0. The maximum atomic E-state index is 12.4. The Hall–Kier alpha value is -3.03. The van der Waals surface area contributed by atoms with Crippen LogP contribution in [0.4, 0.5) is 19.0 Å². The van der Waals surface area contributed by atoms with Gasteiger partial charge in [-0.2, -0.15) is 5.10 Å². The Morgan fingerprint density at radius 1 is 1.07 bits per heavy atom. The van der Waals surface area contributed by atoms with Crippen molar-refractivity contribution in [2.45, 2.75) is 25.6 Å². The molecule has 140 valence electrons. The summed E-state index contributed by atoms with van der Waals surface area (Å²) < 4.78 is 42.8. The van der Waals surface area contributed by atoms with Crippen molar-refractivity contribution in [1.29, 1.82) is 0 Å². The molecule has 3 aromatic rings. The van der Waals surface area contributed by atoms with Crippen LogP contribution < -0.4 is 10.1 Å². The van der Waals surface area contributed by atoms with Gasteiger partial charge in [0.2, 0.25) is 0 Å². The van der Waals surface area contributed by atoms with E-state index in [2.05, 4.69) is 15.0 Å². The summed E-state index contributed by atoms with van der Waals surface area (Å²) in [6.45, 7) is 0.820. The smallest absolute Gasteiger partial charge is 0.406 e. The summed E-state index contributed by atoms with van der Waals surface area (Å²) in [5.41, 5.74) is 3.50. The second-order valence-electron chi connectivity index (χ2n) is 6.25. The molecule has 1 N–H and O–H groups in total. The monoisotopic (exact) mass is 374 g/mol. The van der Waals surface area contributed by atoms with Gasteiger partial charge in [0, 0.05) is 30.1 Å². The van der Waals surface area contributed by atoms with Gasteiger partial charge in [-0.25, -0.2) is 4.68 Å². The van der Waals surface area contributed by atoms with Crippen LogP contribution >= 0.6 is 0 Å². The van der Waals surface area contributed by atoms with Crippen molar-refractivity contribution in [3.8, 4) is 22.7 Å². The van der Waals surface area contributed by atoms with Gasteiger partial charge in [-0.1, -0.05) is 0 Å². The van der Waals surface area contributed by atoms with E-state index >= 15 is 0 Å². The summed E-state index contributed by atoms with van der Waals surface area (Å²) in [5.74, 6) is 0.612. The van der Waals surface area contributed by atoms with Crippen LogP contribution in [-0.2, 0) is 6.42 Å². The Bertz CT molecular complexity index is 921. The first-order valence-electron chi connectivity index (χ1n) is 8.63. The molecule has 0 bridgehead atoms. The number of ether oxygens (including phenoxy) is 1. The lowest BCUT2D eigenvalue weighted by atomic mass is 10.1. The number of nitrogens with one attached hydrogen (secondary N) is 1. The number of fused-ring (bicyclic) bond motifs is 1. The van der Waals surface area contributed by atoms with E-state index in [1.807, 2.05) is 12.1 Å². The zero-order valence-corrected chi connectivity index (χ0v) is 14.3. The van der Waals surface area contributed by atoms with Crippen LogP contribution in [0.2, 0.25) is 0 Å². The molecular formula is C19H17F3N4O. The predicted molar refractivity (Wildman–Crippen MR) is 94.9 cm³/mol. The fraction of sp³-hybridized carbons (Fsp3) is 0.263. The second kappa shape index (κ2) is 6.94. The molecule has 0 fully saturated rings. The van der Waals surface area contributed by atoms with E-state index in [1.165, 1.54) is 12.1 Å². The average Bonchev–Trinajstić information content (AvgIpc) is 2.83. The third kappa shape index (κ3) is 3.74. The predicted octanol–water partition coefficient (Wildman–Crippen LogP) is 4.58. The first-order chi connectivity index (χ1) is 13.0. The van der Waals surface area contributed by atoms with Gasteiger partial charge in [0.15, 0.2) is 0 Å². The first kappa shape index (κ1) is 17.4. The van der Waals surface area contributed by atoms with Gasteiger partial charge in [-0.15, -0.1) is 13.2 Å². The highest BCUT2D eigenvalue weighted by Gasteiger charge is 2.31. The molecule has 0 aliphatic carbocycles. The normalized spacial score (nSPS) is 14.2. The van der Waals surface area contributed by atoms with Gasteiger partial charge >= 0.3 is 6.36 Å². The van der Waals surface area contributed by atoms with Crippen LogP contribution in [0.5, 0.6) is 5.75 Å². The van der Waals surface area contributed by atoms with Crippen molar-refractivity contribution < 1.29 is 17.9 Å². The van der Waals surface area contributed by atoms with Gasteiger partial charge in [0.1, 0.15) is 11.6 Å². The number of anilines is 1. The summed E-state index contributed by atoms with van der Waals surface area (Å²) in [6, 6.07) is 9.51. The second-order valence-corrected chi connectivity index (χ2v) is 6.25. The SMILES string of the molecule is FC(F)(F)Oc1ccc(-n2nc(-c3cccnc3)c3c2NCCCC3)cc1. The van der Waals surface area contributed by atoms with Crippen LogP contribution in [0.3, 0.4) is 0 Å². The highest BCUT2D eigenvalue weighted by molar-refractivity contribution is 5.70. The number of nitrogens with zero attached hydrogens (tertiary/aromatic N) is 3. The standard InChI is InChI=1S/C19H17F3N4O/c20-19(21,22)27-15-8-6-14(7-9-15)26-18-16(5-1-2-11-24-18)17(25-26)13-4-3-10-23-12-13/h3-4,6-10,12,24H,1-2,5,11H2. The number of aromatic nitrogens is 3. The third-order valence-electron chi connectivity index (χ3n) is 4.38. The van der Waals surface area contributed by atoms with E-state index in [1.54, 1.807) is 29.2 Å². The molecule has 0 radical (unpaired) electrons. The molecule has 0 amide bonds. The Labute approximate surface area is 153 Å². The lowest BCUT2D eigenvalue weighted by molar-refractivity contribution is -0.274. The number of benzene rings is 1. The minimum atomic E-state index is -4.71. The molecule has 3 heterocycles. The Kier molecular flexibility index (Phi) is 4.47. The zero-order valence-electron chi connectivity index (χ0n) is 14.3. The molecule has 4 rings (SSSR count). The third-order valence-corrected chi connectivity index (χ3v) is 4.38. The molecule has 5 nitrogen and oxygen atoms in total. The molecule has 0 saturated carbocycles. The lowest BCUT2D eigenvalue weighted by Gasteiger charge is -2.11. The maximum absolute atomic E-state index is 12.4. The molecule has 0 unspecified atom stereocenters. The molecule has 0 spiro atoms. The summed E-state index contributed by atoms with van der Waals surface area (Å²) in [7, 11) is 0. The quantitative estimate of drug-likeness (QED) is 0.729. The van der Waals surface area contributed by atoms with Crippen LogP contribution in [0.15, 0.2) is 48.8 Å². The average molecular weight is 374 g/mol. The number of rotatable bonds is 3. The van der Waals surface area contributed by atoms with Gasteiger partial charge in [-0.05, 0) is 55.7 Å². The summed E-state index contributed by atoms with van der Waals surface area (Å²) in [5, 5.41) is 8.13. The number of pyridine rings is 1. The fourth-order valence-electron chi connectivity index (χ4n) is 3.21. The van der Waals surface area contributed by atoms with Crippen molar-refractivity contribution in [3.05, 3.63) is 54.4 Å². The zero-order chi connectivity index (χ0) is 18.9. The molecule has 2 aromatic heterocycles. The number of halogens is 3. The van der Waals surface area contributed by atoms with Gasteiger partial charge < -0.3 is 10.1 Å². The molecule has 27 heavy (non-hydrogen) atoms. The van der Waals surface area contributed by atoms with E-state index in [-0.39, 0.29) is 5.75 Å². The summed E-state index contributed by atoms with van der Waals surface area (Å²) in [4.78, 5) is 4.17. The van der Waals surface area contributed by atoms with E-state index < -0.39 is 6.36 Å². The molecule has 1 aliphatic rings. The van der Waals surface area contributed by atoms with Crippen molar-refractivity contribution in [1.82, 2.24) is 14.8 Å².